The van der Waals surface area contributed by atoms with Gasteiger partial charge in [0.2, 0.25) is 5.75 Å². The van der Waals surface area contributed by atoms with E-state index in [1.807, 2.05) is 31.2 Å². The molecule has 1 heterocycles. The number of hydrogen-bond acceptors (Lipinski definition) is 8. The summed E-state index contributed by atoms with van der Waals surface area (Å²) in [6.07, 6.45) is 3.27. The summed E-state index contributed by atoms with van der Waals surface area (Å²) < 4.78 is 33.5. The van der Waals surface area contributed by atoms with E-state index < -0.39 is 0 Å². The molecule has 0 radical (unpaired) electrons. The SMILES string of the molecule is COc1cc2c(cc1OC)/C(=C\c1cc(OC)c(OC)c(OC)c1)C(C)=C2CC(=O)OCC1CCN(C)C1. The van der Waals surface area contributed by atoms with Crippen molar-refractivity contribution in [2.24, 2.45) is 5.92 Å². The number of benzene rings is 2. The molecule has 1 saturated heterocycles. The molecule has 0 bridgehead atoms. The zero-order chi connectivity index (χ0) is 27.4. The van der Waals surface area contributed by atoms with Crippen LogP contribution in [0.15, 0.2) is 29.8 Å². The van der Waals surface area contributed by atoms with Crippen molar-refractivity contribution in [2.75, 3.05) is 62.3 Å². The number of rotatable bonds is 10. The third-order valence-electron chi connectivity index (χ3n) is 7.28. The molecular formula is C30H37NO7. The molecule has 1 unspecified atom stereocenters. The minimum atomic E-state index is -0.233. The van der Waals surface area contributed by atoms with Gasteiger partial charge in [-0.3, -0.25) is 4.79 Å². The van der Waals surface area contributed by atoms with Gasteiger partial charge in [0.05, 0.1) is 48.6 Å². The number of carbonyl (C=O) groups excluding carboxylic acids is 1. The molecule has 1 aliphatic carbocycles. The van der Waals surface area contributed by atoms with Gasteiger partial charge in [-0.15, -0.1) is 0 Å². The minimum Gasteiger partial charge on any atom is -0.493 e. The topological polar surface area (TPSA) is 75.7 Å². The molecule has 0 amide bonds. The van der Waals surface area contributed by atoms with Crippen molar-refractivity contribution in [1.29, 1.82) is 0 Å². The van der Waals surface area contributed by atoms with Crippen LogP contribution in [0.1, 0.15) is 36.5 Å². The van der Waals surface area contributed by atoms with Crippen molar-refractivity contribution in [3.8, 4) is 28.7 Å². The highest BCUT2D eigenvalue weighted by molar-refractivity contribution is 6.08. The molecule has 1 fully saturated rings. The lowest BCUT2D eigenvalue weighted by Crippen LogP contribution is -2.18. The molecule has 0 saturated carbocycles. The fourth-order valence-corrected chi connectivity index (χ4v) is 5.25. The number of nitrogens with zero attached hydrogens (tertiary/aromatic N) is 1. The predicted octanol–water partition coefficient (Wildman–Crippen LogP) is 4.94. The maximum absolute atomic E-state index is 13.0. The Morgan fingerprint density at radius 2 is 1.50 bits per heavy atom. The fourth-order valence-electron chi connectivity index (χ4n) is 5.25. The summed E-state index contributed by atoms with van der Waals surface area (Å²) in [4.78, 5) is 15.2. The first-order valence-electron chi connectivity index (χ1n) is 12.7. The number of fused-ring (bicyclic) bond motifs is 1. The van der Waals surface area contributed by atoms with E-state index in [1.54, 1.807) is 35.5 Å². The number of hydrogen-bond donors (Lipinski definition) is 0. The number of carbonyl (C=O) groups is 1. The molecule has 2 aliphatic rings. The fraction of sp³-hybridized carbons (Fsp3) is 0.433. The summed E-state index contributed by atoms with van der Waals surface area (Å²) in [5.41, 5.74) is 5.61. The van der Waals surface area contributed by atoms with Gasteiger partial charge in [0.15, 0.2) is 23.0 Å². The highest BCUT2D eigenvalue weighted by Crippen LogP contribution is 2.48. The van der Waals surface area contributed by atoms with E-state index in [4.69, 9.17) is 28.4 Å². The molecule has 1 aliphatic heterocycles. The van der Waals surface area contributed by atoms with Crippen LogP contribution < -0.4 is 23.7 Å². The number of likely N-dealkylation sites (tertiary alicyclic amines) is 1. The lowest BCUT2D eigenvalue weighted by atomic mass is 9.99. The average Bonchev–Trinajstić information content (AvgIpc) is 3.46. The quantitative estimate of drug-likeness (QED) is 0.406. The monoisotopic (exact) mass is 523 g/mol. The van der Waals surface area contributed by atoms with Gasteiger partial charge >= 0.3 is 5.97 Å². The van der Waals surface area contributed by atoms with Crippen molar-refractivity contribution in [3.05, 3.63) is 46.5 Å². The first-order chi connectivity index (χ1) is 18.3. The largest absolute Gasteiger partial charge is 0.493 e. The smallest absolute Gasteiger partial charge is 0.310 e. The molecule has 8 nitrogen and oxygen atoms in total. The molecule has 0 N–H and O–H groups in total. The Balaban J connectivity index is 1.73. The van der Waals surface area contributed by atoms with Crippen LogP contribution in [0.5, 0.6) is 28.7 Å². The molecule has 204 valence electrons. The van der Waals surface area contributed by atoms with Crippen molar-refractivity contribution >= 4 is 23.2 Å². The Morgan fingerprint density at radius 1 is 0.895 bits per heavy atom. The van der Waals surface area contributed by atoms with Crippen LogP contribution in [0.25, 0.3) is 17.2 Å². The summed E-state index contributed by atoms with van der Waals surface area (Å²) in [5.74, 6) is 3.02. The molecule has 0 aromatic heterocycles. The van der Waals surface area contributed by atoms with Crippen LogP contribution in [0.3, 0.4) is 0 Å². The second-order valence-corrected chi connectivity index (χ2v) is 9.65. The number of methoxy groups -OCH3 is 5. The van der Waals surface area contributed by atoms with Gasteiger partial charge in [-0.1, -0.05) is 0 Å². The van der Waals surface area contributed by atoms with Gasteiger partial charge in [0.25, 0.3) is 0 Å². The van der Waals surface area contributed by atoms with E-state index in [0.29, 0.717) is 41.3 Å². The van der Waals surface area contributed by atoms with Crippen LogP contribution in [0, 0.1) is 5.92 Å². The number of allylic oxidation sites excluding steroid dienone is 2. The van der Waals surface area contributed by atoms with Gasteiger partial charge < -0.3 is 33.3 Å². The summed E-state index contributed by atoms with van der Waals surface area (Å²) in [6, 6.07) is 7.68. The van der Waals surface area contributed by atoms with E-state index in [0.717, 1.165) is 52.9 Å². The normalized spacial score (nSPS) is 18.0. The molecule has 2 aromatic rings. The average molecular weight is 524 g/mol. The van der Waals surface area contributed by atoms with Crippen LogP contribution in [-0.2, 0) is 9.53 Å². The molecule has 1 atom stereocenters. The first-order valence-corrected chi connectivity index (χ1v) is 12.7. The minimum absolute atomic E-state index is 0.170. The van der Waals surface area contributed by atoms with E-state index in [1.165, 1.54) is 0 Å². The van der Waals surface area contributed by atoms with E-state index >= 15 is 0 Å². The molecule has 38 heavy (non-hydrogen) atoms. The number of ether oxygens (including phenoxy) is 6. The van der Waals surface area contributed by atoms with Crippen LogP contribution >= 0.6 is 0 Å². The van der Waals surface area contributed by atoms with E-state index in [9.17, 15) is 4.79 Å². The highest BCUT2D eigenvalue weighted by Gasteiger charge is 2.29. The van der Waals surface area contributed by atoms with E-state index in [2.05, 4.69) is 18.0 Å². The van der Waals surface area contributed by atoms with Crippen LogP contribution in [0.4, 0.5) is 0 Å². The van der Waals surface area contributed by atoms with Crippen molar-refractivity contribution in [2.45, 2.75) is 19.8 Å². The summed E-state index contributed by atoms with van der Waals surface area (Å²) in [7, 11) is 10.1. The van der Waals surface area contributed by atoms with Crippen molar-refractivity contribution in [3.63, 3.8) is 0 Å². The maximum atomic E-state index is 13.0. The maximum Gasteiger partial charge on any atom is 0.310 e. The zero-order valence-electron chi connectivity index (χ0n) is 23.3. The standard InChI is InChI=1S/C30H37NO7/c1-18-21(10-20-11-27(35-5)30(37-7)28(12-20)36-6)23-13-25(33-3)26(34-4)14-24(23)22(18)15-29(32)38-17-19-8-9-31(2)16-19/h10-14,19H,8-9,15-17H2,1-7H3/b21-10-. The van der Waals surface area contributed by atoms with Gasteiger partial charge in [-0.05, 0) is 90.7 Å². The summed E-state index contributed by atoms with van der Waals surface area (Å²) >= 11 is 0. The molecular weight excluding hydrogens is 486 g/mol. The van der Waals surface area contributed by atoms with Gasteiger partial charge in [-0.2, -0.15) is 0 Å². The second-order valence-electron chi connectivity index (χ2n) is 9.65. The second kappa shape index (κ2) is 11.8. The molecule has 4 rings (SSSR count). The summed E-state index contributed by atoms with van der Waals surface area (Å²) in [5, 5.41) is 0. The van der Waals surface area contributed by atoms with E-state index in [-0.39, 0.29) is 12.4 Å². The molecule has 2 aromatic carbocycles. The van der Waals surface area contributed by atoms with Crippen molar-refractivity contribution < 1.29 is 33.2 Å². The third kappa shape index (κ3) is 5.45. The first kappa shape index (κ1) is 27.4. The Hall–Kier alpha value is -3.65. The Labute approximate surface area is 224 Å². The highest BCUT2D eigenvalue weighted by atomic mass is 16.5. The molecule has 8 heteroatoms. The zero-order valence-corrected chi connectivity index (χ0v) is 23.3. The van der Waals surface area contributed by atoms with Gasteiger partial charge in [0.1, 0.15) is 0 Å². The number of esters is 1. The Bertz CT molecular complexity index is 1240. The van der Waals surface area contributed by atoms with Gasteiger partial charge in [-0.25, -0.2) is 0 Å². The lowest BCUT2D eigenvalue weighted by molar-refractivity contribution is -0.143. The van der Waals surface area contributed by atoms with Crippen LogP contribution in [0.2, 0.25) is 0 Å². The lowest BCUT2D eigenvalue weighted by Gasteiger charge is -2.14. The third-order valence-corrected chi connectivity index (χ3v) is 7.28. The van der Waals surface area contributed by atoms with Crippen LogP contribution in [-0.4, -0.2) is 73.2 Å². The Morgan fingerprint density at radius 3 is 2.03 bits per heavy atom. The summed E-state index contributed by atoms with van der Waals surface area (Å²) in [6.45, 7) is 4.47. The predicted molar refractivity (Wildman–Crippen MR) is 147 cm³/mol. The van der Waals surface area contributed by atoms with Gasteiger partial charge in [0, 0.05) is 12.5 Å². The molecule has 0 spiro atoms. The van der Waals surface area contributed by atoms with Crippen molar-refractivity contribution in [1.82, 2.24) is 4.90 Å². The Kier molecular flexibility index (Phi) is 8.52.